The van der Waals surface area contributed by atoms with E-state index in [1.165, 1.54) is 0 Å². The Morgan fingerprint density at radius 2 is 1.80 bits per heavy atom. The average molecular weight is 427 g/mol. The lowest BCUT2D eigenvalue weighted by molar-refractivity contribution is -0.134. The third-order valence-electron chi connectivity index (χ3n) is 5.74. The normalized spacial score (nSPS) is 14.4. The van der Waals surface area contributed by atoms with Crippen molar-refractivity contribution in [2.24, 2.45) is 0 Å². The molecule has 1 N–H and O–H groups in total. The Morgan fingerprint density at radius 3 is 2.53 bits per heavy atom. The maximum Gasteiger partial charge on any atom is 0.223 e. The Kier molecular flexibility index (Phi) is 7.88. The molecule has 30 heavy (non-hydrogen) atoms. The molecule has 2 aromatic carbocycles. The lowest BCUT2D eigenvalue weighted by Crippen LogP contribution is -2.46. The van der Waals surface area contributed by atoms with Crippen molar-refractivity contribution in [3.63, 3.8) is 0 Å². The molecule has 2 heterocycles. The van der Waals surface area contributed by atoms with Crippen LogP contribution in [0.5, 0.6) is 0 Å². The largest absolute Gasteiger partial charge is 0.340 e. The molecular weight excluding hydrogens is 396 g/mol. The van der Waals surface area contributed by atoms with E-state index < -0.39 is 0 Å². The molecule has 0 aliphatic carbocycles. The summed E-state index contributed by atoms with van der Waals surface area (Å²) in [5.41, 5.74) is 3.15. The van der Waals surface area contributed by atoms with Crippen LogP contribution in [-0.2, 0) is 11.2 Å². The van der Waals surface area contributed by atoms with Crippen molar-refractivity contribution in [2.75, 3.05) is 19.6 Å². The van der Waals surface area contributed by atoms with Crippen molar-refractivity contribution in [1.29, 1.82) is 0 Å². The minimum absolute atomic E-state index is 0. The highest BCUT2D eigenvalue weighted by atomic mass is 35.5. The van der Waals surface area contributed by atoms with Gasteiger partial charge in [0.1, 0.15) is 5.82 Å². The monoisotopic (exact) mass is 426 g/mol. The second-order valence-electron chi connectivity index (χ2n) is 7.76. The van der Waals surface area contributed by atoms with Gasteiger partial charge in [-0.05, 0) is 56.6 Å². The zero-order valence-corrected chi connectivity index (χ0v) is 18.4. The van der Waals surface area contributed by atoms with Gasteiger partial charge in [-0.3, -0.25) is 9.36 Å². The zero-order chi connectivity index (χ0) is 20.1. The first-order valence-electron chi connectivity index (χ1n) is 10.8. The summed E-state index contributed by atoms with van der Waals surface area (Å²) in [5.74, 6) is 1.21. The predicted octanol–water partition coefficient (Wildman–Crippen LogP) is 4.37. The Hall–Kier alpha value is -2.37. The molecule has 1 saturated heterocycles. The second kappa shape index (κ2) is 10.6. The summed E-state index contributed by atoms with van der Waals surface area (Å²) in [6.07, 6.45) is 4.24. The van der Waals surface area contributed by atoms with E-state index in [4.69, 9.17) is 4.98 Å². The van der Waals surface area contributed by atoms with Crippen LogP contribution in [0.1, 0.15) is 38.4 Å². The number of aryl methyl sites for hydroxylation is 1. The summed E-state index contributed by atoms with van der Waals surface area (Å²) < 4.78 is 2.19. The van der Waals surface area contributed by atoms with E-state index in [1.54, 1.807) is 0 Å². The van der Waals surface area contributed by atoms with Crippen molar-refractivity contribution in [1.82, 2.24) is 19.8 Å². The van der Waals surface area contributed by atoms with Crippen molar-refractivity contribution in [2.45, 2.75) is 45.1 Å². The summed E-state index contributed by atoms with van der Waals surface area (Å²) in [6.45, 7) is 5.00. The number of carbonyl (C=O) groups excluding carboxylic acids is 1. The van der Waals surface area contributed by atoms with Crippen LogP contribution >= 0.6 is 12.4 Å². The fourth-order valence-corrected chi connectivity index (χ4v) is 4.34. The number of halogens is 1. The number of rotatable bonds is 7. The van der Waals surface area contributed by atoms with E-state index in [-0.39, 0.29) is 18.3 Å². The zero-order valence-electron chi connectivity index (χ0n) is 17.6. The van der Waals surface area contributed by atoms with Crippen LogP contribution in [0.15, 0.2) is 54.6 Å². The topological polar surface area (TPSA) is 50.2 Å². The van der Waals surface area contributed by atoms with Gasteiger partial charge < -0.3 is 10.2 Å². The third kappa shape index (κ3) is 4.85. The lowest BCUT2D eigenvalue weighted by Gasteiger charge is -2.34. The van der Waals surface area contributed by atoms with Gasteiger partial charge in [-0.15, -0.1) is 12.4 Å². The molecule has 0 spiro atoms. The van der Waals surface area contributed by atoms with Gasteiger partial charge in [0.15, 0.2) is 0 Å². The fraction of sp³-hybridized carbons (Fsp3) is 0.417. The van der Waals surface area contributed by atoms with Crippen LogP contribution in [0.25, 0.3) is 16.7 Å². The fourth-order valence-electron chi connectivity index (χ4n) is 4.34. The molecule has 160 valence electrons. The number of piperidine rings is 1. The first-order chi connectivity index (χ1) is 14.3. The summed E-state index contributed by atoms with van der Waals surface area (Å²) in [6, 6.07) is 18.9. The van der Waals surface area contributed by atoms with Crippen LogP contribution in [0, 0.1) is 0 Å². The van der Waals surface area contributed by atoms with E-state index in [2.05, 4.69) is 39.9 Å². The lowest BCUT2D eigenvalue weighted by atomic mass is 10.0. The number of imidazole rings is 1. The predicted molar refractivity (Wildman–Crippen MR) is 125 cm³/mol. The number of hydrogen-bond acceptors (Lipinski definition) is 3. The number of carbonyl (C=O) groups is 1. The number of benzene rings is 2. The van der Waals surface area contributed by atoms with Crippen LogP contribution in [0.4, 0.5) is 0 Å². The van der Waals surface area contributed by atoms with Gasteiger partial charge >= 0.3 is 0 Å². The Bertz CT molecular complexity index is 950. The molecule has 1 aromatic heterocycles. The molecule has 0 saturated carbocycles. The highest BCUT2D eigenvalue weighted by molar-refractivity contribution is 5.85. The van der Waals surface area contributed by atoms with Crippen molar-refractivity contribution in [3.05, 3.63) is 60.4 Å². The van der Waals surface area contributed by atoms with E-state index in [0.29, 0.717) is 18.9 Å². The SMILES string of the molecule is CCCN(C(=O)CCc1nc2ccccc2n1-c1ccccc1)C1CCNCC1.Cl. The van der Waals surface area contributed by atoms with Crippen LogP contribution < -0.4 is 5.32 Å². The molecule has 0 atom stereocenters. The van der Waals surface area contributed by atoms with E-state index >= 15 is 0 Å². The molecule has 1 amide bonds. The molecule has 3 aromatic rings. The number of para-hydroxylation sites is 3. The standard InChI is InChI=1S/C24H30N4O.ClH/c1-2-18-27(19-14-16-25-17-15-19)24(29)13-12-23-26-21-10-6-7-11-22(21)28(23)20-8-4-3-5-9-20;/h3-11,19,25H,2,12-18H2,1H3;1H. The molecular formula is C24H31ClN4O. The van der Waals surface area contributed by atoms with E-state index in [9.17, 15) is 4.79 Å². The molecule has 1 aliphatic rings. The summed E-state index contributed by atoms with van der Waals surface area (Å²) in [7, 11) is 0. The van der Waals surface area contributed by atoms with Crippen LogP contribution in [0.3, 0.4) is 0 Å². The molecule has 1 fully saturated rings. The number of aromatic nitrogens is 2. The van der Waals surface area contributed by atoms with Gasteiger partial charge in [-0.1, -0.05) is 37.3 Å². The van der Waals surface area contributed by atoms with Gasteiger partial charge in [0, 0.05) is 31.1 Å². The van der Waals surface area contributed by atoms with Crippen LogP contribution in [0.2, 0.25) is 0 Å². The minimum Gasteiger partial charge on any atom is -0.340 e. The molecule has 0 unspecified atom stereocenters. The smallest absolute Gasteiger partial charge is 0.223 e. The van der Waals surface area contributed by atoms with Crippen LogP contribution in [-0.4, -0.2) is 46.0 Å². The first kappa shape index (κ1) is 22.3. The quantitative estimate of drug-likeness (QED) is 0.610. The molecule has 4 rings (SSSR count). The van der Waals surface area contributed by atoms with Gasteiger partial charge in [-0.2, -0.15) is 0 Å². The maximum absolute atomic E-state index is 13.1. The average Bonchev–Trinajstić information content (AvgIpc) is 3.15. The molecule has 0 radical (unpaired) electrons. The van der Waals surface area contributed by atoms with Gasteiger partial charge in [-0.25, -0.2) is 4.98 Å². The van der Waals surface area contributed by atoms with E-state index in [0.717, 1.165) is 61.4 Å². The molecule has 1 aliphatic heterocycles. The molecule has 0 bridgehead atoms. The molecule has 5 nitrogen and oxygen atoms in total. The van der Waals surface area contributed by atoms with Crippen molar-refractivity contribution >= 4 is 29.3 Å². The second-order valence-corrected chi connectivity index (χ2v) is 7.76. The minimum atomic E-state index is 0. The Morgan fingerprint density at radius 1 is 1.10 bits per heavy atom. The molecule has 6 heteroatoms. The third-order valence-corrected chi connectivity index (χ3v) is 5.74. The summed E-state index contributed by atoms with van der Waals surface area (Å²) in [4.78, 5) is 20.1. The van der Waals surface area contributed by atoms with Gasteiger partial charge in [0.05, 0.1) is 11.0 Å². The number of hydrogen-bond donors (Lipinski definition) is 1. The van der Waals surface area contributed by atoms with Crippen molar-refractivity contribution < 1.29 is 4.79 Å². The van der Waals surface area contributed by atoms with Gasteiger partial charge in [0.25, 0.3) is 0 Å². The summed E-state index contributed by atoms with van der Waals surface area (Å²) in [5, 5.41) is 3.40. The summed E-state index contributed by atoms with van der Waals surface area (Å²) >= 11 is 0. The number of nitrogens with zero attached hydrogens (tertiary/aromatic N) is 3. The highest BCUT2D eigenvalue weighted by Crippen LogP contribution is 2.23. The van der Waals surface area contributed by atoms with E-state index in [1.807, 2.05) is 36.4 Å². The number of amides is 1. The van der Waals surface area contributed by atoms with Crippen molar-refractivity contribution in [3.8, 4) is 5.69 Å². The maximum atomic E-state index is 13.1. The first-order valence-corrected chi connectivity index (χ1v) is 10.8. The van der Waals surface area contributed by atoms with Gasteiger partial charge in [0.2, 0.25) is 5.91 Å². The Balaban J connectivity index is 0.00000256. The number of nitrogens with one attached hydrogen (secondary N) is 1. The highest BCUT2D eigenvalue weighted by Gasteiger charge is 2.25. The Labute approximate surface area is 184 Å². The number of fused-ring (bicyclic) bond motifs is 1.